The van der Waals surface area contributed by atoms with Crippen molar-refractivity contribution < 1.29 is 0 Å². The highest BCUT2D eigenvalue weighted by Gasteiger charge is 2.20. The van der Waals surface area contributed by atoms with Gasteiger partial charge in [0.25, 0.3) is 0 Å². The molecule has 0 amide bonds. The van der Waals surface area contributed by atoms with E-state index < -0.39 is 0 Å². The minimum Gasteiger partial charge on any atom is -0.294 e. The Balaban J connectivity index is 1.04. The van der Waals surface area contributed by atoms with Crippen molar-refractivity contribution in [3.05, 3.63) is 182 Å². The zero-order valence-electron chi connectivity index (χ0n) is 29.4. The summed E-state index contributed by atoms with van der Waals surface area (Å²) in [6, 6.07) is 63.2. The predicted molar refractivity (Wildman–Crippen MR) is 226 cm³/mol. The fourth-order valence-corrected chi connectivity index (χ4v) is 8.75. The Morgan fingerprint density at radius 3 is 1.58 bits per heavy atom. The second-order valence-electron chi connectivity index (χ2n) is 13.5. The van der Waals surface area contributed by atoms with Crippen LogP contribution in [-0.2, 0) is 0 Å². The normalized spacial score (nSPS) is 11.6. The van der Waals surface area contributed by atoms with Gasteiger partial charge in [-0.05, 0) is 48.5 Å². The van der Waals surface area contributed by atoms with E-state index >= 15 is 0 Å². The summed E-state index contributed by atoms with van der Waals surface area (Å²) >= 11 is 1.61. The van der Waals surface area contributed by atoms with Crippen LogP contribution in [0.4, 0.5) is 0 Å². The summed E-state index contributed by atoms with van der Waals surface area (Å²) in [7, 11) is 0. The Kier molecular flexibility index (Phi) is 7.25. The van der Waals surface area contributed by atoms with E-state index in [2.05, 4.69) is 155 Å². The van der Waals surface area contributed by atoms with Gasteiger partial charge in [0, 0.05) is 43.8 Å². The van der Waals surface area contributed by atoms with E-state index in [0.717, 1.165) is 88.1 Å². The minimum atomic E-state index is 0.859. The summed E-state index contributed by atoms with van der Waals surface area (Å²) < 4.78 is 4.52. The maximum absolute atomic E-state index is 5.16. The lowest BCUT2D eigenvalue weighted by molar-refractivity contribution is 1.08. The molecule has 258 valence electrons. The maximum atomic E-state index is 5.16. The number of fused-ring (bicyclic) bond motifs is 6. The lowest BCUT2D eigenvalue weighted by Gasteiger charge is -2.09. The van der Waals surface area contributed by atoms with Gasteiger partial charge in [0.05, 0.1) is 33.5 Å². The van der Waals surface area contributed by atoms with Gasteiger partial charge < -0.3 is 0 Å². The van der Waals surface area contributed by atoms with Crippen LogP contribution < -0.4 is 0 Å². The lowest BCUT2D eigenvalue weighted by Crippen LogP contribution is -1.98. The third-order valence-electron chi connectivity index (χ3n) is 10.3. The van der Waals surface area contributed by atoms with Gasteiger partial charge in [-0.25, -0.2) is 9.97 Å². The second-order valence-corrected chi connectivity index (χ2v) is 14.5. The summed E-state index contributed by atoms with van der Waals surface area (Å²) in [5.74, 6) is 1.74. The van der Waals surface area contributed by atoms with Crippen molar-refractivity contribution in [2.24, 2.45) is 0 Å². The smallest absolute Gasteiger partial charge is 0.148 e. The van der Waals surface area contributed by atoms with E-state index in [1.165, 1.54) is 10.8 Å². The van der Waals surface area contributed by atoms with Crippen molar-refractivity contribution in [2.45, 2.75) is 0 Å². The third kappa shape index (κ3) is 5.16. The van der Waals surface area contributed by atoms with Crippen molar-refractivity contribution >= 4 is 54.9 Å². The van der Waals surface area contributed by atoms with Gasteiger partial charge >= 0.3 is 0 Å². The number of nitrogens with zero attached hydrogens (tertiary/aromatic N) is 6. The average molecular weight is 723 g/mol. The van der Waals surface area contributed by atoms with Crippen LogP contribution in [0.3, 0.4) is 0 Å². The predicted octanol–water partition coefficient (Wildman–Crippen LogP) is 12.2. The van der Waals surface area contributed by atoms with E-state index in [0.29, 0.717) is 0 Å². The number of benzene rings is 6. The molecule has 55 heavy (non-hydrogen) atoms. The molecule has 0 aliphatic rings. The lowest BCUT2D eigenvalue weighted by atomic mass is 10.1. The molecule has 6 aromatic carbocycles. The summed E-state index contributed by atoms with van der Waals surface area (Å²) in [6.07, 6.45) is 0. The van der Waals surface area contributed by atoms with Crippen molar-refractivity contribution in [2.75, 3.05) is 0 Å². The summed E-state index contributed by atoms with van der Waals surface area (Å²) in [6.45, 7) is 0. The zero-order valence-corrected chi connectivity index (χ0v) is 30.2. The molecule has 0 bridgehead atoms. The van der Waals surface area contributed by atoms with E-state index in [1.54, 1.807) is 11.3 Å². The van der Waals surface area contributed by atoms with Crippen LogP contribution >= 0.6 is 11.3 Å². The fourth-order valence-electron chi connectivity index (χ4n) is 7.88. The van der Waals surface area contributed by atoms with Crippen molar-refractivity contribution in [1.29, 1.82) is 0 Å². The molecule has 0 aliphatic carbocycles. The fraction of sp³-hybridized carbons (Fsp3) is 0. The molecule has 6 nitrogen and oxygen atoms in total. The molecule has 0 spiro atoms. The Morgan fingerprint density at radius 1 is 0.364 bits per heavy atom. The van der Waals surface area contributed by atoms with E-state index in [9.17, 15) is 0 Å². The van der Waals surface area contributed by atoms with Crippen LogP contribution in [0.25, 0.3) is 98.9 Å². The Morgan fingerprint density at radius 2 is 0.891 bits per heavy atom. The number of para-hydroxylation sites is 2. The first-order chi connectivity index (χ1) is 27.3. The molecule has 5 aromatic heterocycles. The third-order valence-corrected chi connectivity index (χ3v) is 11.3. The number of aromatic nitrogens is 6. The Bertz CT molecular complexity index is 3210. The molecule has 0 saturated carbocycles. The van der Waals surface area contributed by atoms with E-state index in [4.69, 9.17) is 20.2 Å². The number of pyridine rings is 2. The van der Waals surface area contributed by atoms with Gasteiger partial charge in [-0.1, -0.05) is 145 Å². The molecule has 0 aliphatic heterocycles. The first kappa shape index (κ1) is 31.3. The molecule has 0 atom stereocenters. The van der Waals surface area contributed by atoms with Crippen LogP contribution in [0, 0.1) is 0 Å². The van der Waals surface area contributed by atoms with Gasteiger partial charge in [-0.3, -0.25) is 9.13 Å². The van der Waals surface area contributed by atoms with Crippen LogP contribution in [0.2, 0.25) is 0 Å². The molecular formula is C48H30N6S. The molecule has 0 saturated heterocycles. The van der Waals surface area contributed by atoms with Gasteiger partial charge in [0.1, 0.15) is 21.7 Å². The van der Waals surface area contributed by atoms with Crippen LogP contribution in [0.5, 0.6) is 0 Å². The van der Waals surface area contributed by atoms with Crippen LogP contribution in [0.15, 0.2) is 182 Å². The molecule has 0 radical (unpaired) electrons. The first-order valence-corrected chi connectivity index (χ1v) is 19.1. The topological polar surface area (TPSA) is 61.4 Å². The van der Waals surface area contributed by atoms with Gasteiger partial charge in [0.15, 0.2) is 0 Å². The molecule has 11 rings (SSSR count). The van der Waals surface area contributed by atoms with Gasteiger partial charge in [-0.2, -0.15) is 0 Å². The summed E-state index contributed by atoms with van der Waals surface area (Å²) in [5, 5.41) is 16.0. The molecule has 7 heteroatoms. The molecule has 0 N–H and O–H groups in total. The minimum absolute atomic E-state index is 0.859. The Hall–Kier alpha value is -7.22. The number of hydrogen-bond donors (Lipinski definition) is 0. The second kappa shape index (κ2) is 12.7. The number of rotatable bonds is 6. The number of hydrogen-bond acceptors (Lipinski definition) is 5. The van der Waals surface area contributed by atoms with E-state index in [1.807, 2.05) is 36.4 Å². The quantitative estimate of drug-likeness (QED) is 0.171. The van der Waals surface area contributed by atoms with Crippen LogP contribution in [-0.4, -0.2) is 29.3 Å². The highest BCUT2D eigenvalue weighted by atomic mass is 32.1. The van der Waals surface area contributed by atoms with Crippen molar-refractivity contribution in [1.82, 2.24) is 29.3 Å². The largest absolute Gasteiger partial charge is 0.294 e. The van der Waals surface area contributed by atoms with Crippen LogP contribution in [0.1, 0.15) is 0 Å². The highest BCUT2D eigenvalue weighted by molar-refractivity contribution is 7.18. The summed E-state index contributed by atoms with van der Waals surface area (Å²) in [4.78, 5) is 10.3. The SMILES string of the molecule is c1ccc(-c2cccc(-n3c4ccccc4c4ccc(-c5nnc(-c6cccc7c6c6ccccc6n7-c6cccc(-c7ccccc7)n6)s5)cc43)n2)cc1. The maximum Gasteiger partial charge on any atom is 0.148 e. The molecule has 5 heterocycles. The summed E-state index contributed by atoms with van der Waals surface area (Å²) in [5.41, 5.74) is 10.4. The molecule has 0 fully saturated rings. The van der Waals surface area contributed by atoms with Crippen molar-refractivity contribution in [3.63, 3.8) is 0 Å². The average Bonchev–Trinajstić information content (AvgIpc) is 3.97. The monoisotopic (exact) mass is 722 g/mol. The molecular weight excluding hydrogens is 693 g/mol. The molecule has 0 unspecified atom stereocenters. The zero-order chi connectivity index (χ0) is 36.3. The van der Waals surface area contributed by atoms with E-state index in [-0.39, 0.29) is 0 Å². The molecule has 11 aromatic rings. The Labute approximate surface area is 320 Å². The van der Waals surface area contributed by atoms with Gasteiger partial charge in [-0.15, -0.1) is 10.2 Å². The standard InChI is InChI=1S/C48H30N6S/c1-3-14-31(15-4-1)38-21-12-26-44(49-38)53-41-24-10-8-19-36(41)46-37(20-11-25-42(46)53)48-52-51-47(55-48)33-28-29-35-34-18-7-9-23-40(34)54(43(35)30-33)45-27-13-22-39(50-45)32-16-5-2-6-17-32/h1-30H. The highest BCUT2D eigenvalue weighted by Crippen LogP contribution is 2.41. The van der Waals surface area contributed by atoms with Gasteiger partial charge in [0.2, 0.25) is 0 Å². The first-order valence-electron chi connectivity index (χ1n) is 18.2. The van der Waals surface area contributed by atoms with Crippen molar-refractivity contribution in [3.8, 4) is 55.3 Å².